The third-order valence-corrected chi connectivity index (χ3v) is 6.09. The smallest absolute Gasteiger partial charge is 0.243 e. The molecule has 0 spiro atoms. The van der Waals surface area contributed by atoms with Gasteiger partial charge in [-0.2, -0.15) is 4.31 Å². The first-order chi connectivity index (χ1) is 13.2. The lowest BCUT2D eigenvalue weighted by Crippen LogP contribution is -2.35. The van der Waals surface area contributed by atoms with Gasteiger partial charge in [-0.25, -0.2) is 8.42 Å². The summed E-state index contributed by atoms with van der Waals surface area (Å²) in [6.45, 7) is 3.74. The predicted octanol–water partition coefficient (Wildman–Crippen LogP) is 3.09. The number of amides is 1. The van der Waals surface area contributed by atoms with Crippen molar-refractivity contribution in [2.24, 2.45) is 0 Å². The maximum Gasteiger partial charge on any atom is 0.243 e. The van der Waals surface area contributed by atoms with Crippen molar-refractivity contribution >= 4 is 21.6 Å². The number of carbonyl (C=O) groups is 1. The molecule has 1 amide bonds. The molecule has 1 N–H and O–H groups in total. The highest BCUT2D eigenvalue weighted by atomic mass is 32.2. The number of rotatable bonds is 8. The summed E-state index contributed by atoms with van der Waals surface area (Å²) < 4.78 is 36.9. The van der Waals surface area contributed by atoms with Crippen LogP contribution in [-0.4, -0.2) is 46.4 Å². The lowest BCUT2D eigenvalue weighted by Gasteiger charge is -2.19. The van der Waals surface area contributed by atoms with Crippen LogP contribution in [0.2, 0.25) is 0 Å². The SMILES string of the molecule is COc1ccc(S(=O)(=O)N(C)CC(=O)Nc2ccccc2C(C)C)cc1OC. The fourth-order valence-corrected chi connectivity index (χ4v) is 3.89. The number of methoxy groups -OCH3 is 2. The Morgan fingerprint density at radius 2 is 1.71 bits per heavy atom. The second-order valence-electron chi connectivity index (χ2n) is 6.57. The summed E-state index contributed by atoms with van der Waals surface area (Å²) in [5.41, 5.74) is 1.67. The molecule has 0 aliphatic heterocycles. The number of benzene rings is 2. The van der Waals surface area contributed by atoms with Crippen LogP contribution in [0.4, 0.5) is 5.69 Å². The molecule has 0 aliphatic rings. The van der Waals surface area contributed by atoms with Gasteiger partial charge in [0.05, 0.1) is 25.7 Å². The van der Waals surface area contributed by atoms with Crippen LogP contribution in [0.15, 0.2) is 47.4 Å². The fraction of sp³-hybridized carbons (Fsp3) is 0.350. The van der Waals surface area contributed by atoms with E-state index >= 15 is 0 Å². The third-order valence-electron chi connectivity index (χ3n) is 4.29. The Morgan fingerprint density at radius 3 is 2.32 bits per heavy atom. The molecule has 8 heteroatoms. The van der Waals surface area contributed by atoms with E-state index in [-0.39, 0.29) is 17.4 Å². The minimum absolute atomic E-state index is 0.0167. The summed E-state index contributed by atoms with van der Waals surface area (Å²) in [6.07, 6.45) is 0. The standard InChI is InChI=1S/C20H26N2O5S/c1-14(2)16-8-6-7-9-17(16)21-20(23)13-22(3)28(24,25)15-10-11-18(26-4)19(12-15)27-5/h6-12,14H,13H2,1-5H3,(H,21,23). The number of nitrogens with one attached hydrogen (secondary N) is 1. The molecule has 28 heavy (non-hydrogen) atoms. The summed E-state index contributed by atoms with van der Waals surface area (Å²) in [4.78, 5) is 12.5. The Bertz CT molecular complexity index is 941. The van der Waals surface area contributed by atoms with Crippen molar-refractivity contribution in [1.29, 1.82) is 0 Å². The van der Waals surface area contributed by atoms with E-state index < -0.39 is 15.9 Å². The highest BCUT2D eigenvalue weighted by Crippen LogP contribution is 2.30. The van der Waals surface area contributed by atoms with Gasteiger partial charge in [-0.3, -0.25) is 4.79 Å². The third kappa shape index (κ3) is 4.82. The molecule has 0 fully saturated rings. The van der Waals surface area contributed by atoms with Gasteiger partial charge < -0.3 is 14.8 Å². The number of ether oxygens (including phenoxy) is 2. The Hall–Kier alpha value is -2.58. The Labute approximate surface area is 166 Å². The van der Waals surface area contributed by atoms with Gasteiger partial charge in [-0.05, 0) is 29.7 Å². The van der Waals surface area contributed by atoms with Gasteiger partial charge in [-0.15, -0.1) is 0 Å². The maximum atomic E-state index is 12.8. The topological polar surface area (TPSA) is 84.9 Å². The molecule has 0 saturated heterocycles. The van der Waals surface area contributed by atoms with E-state index in [4.69, 9.17) is 9.47 Å². The zero-order valence-electron chi connectivity index (χ0n) is 16.7. The molecule has 2 rings (SSSR count). The Morgan fingerprint density at radius 1 is 1.07 bits per heavy atom. The van der Waals surface area contributed by atoms with Crippen molar-refractivity contribution in [1.82, 2.24) is 4.31 Å². The van der Waals surface area contributed by atoms with Crippen LogP contribution in [0.1, 0.15) is 25.3 Å². The molecule has 0 atom stereocenters. The molecule has 152 valence electrons. The summed E-state index contributed by atoms with van der Waals surface area (Å²) in [6, 6.07) is 11.8. The molecule has 2 aromatic carbocycles. The summed E-state index contributed by atoms with van der Waals surface area (Å²) >= 11 is 0. The molecular weight excluding hydrogens is 380 g/mol. The zero-order valence-corrected chi connectivity index (χ0v) is 17.5. The van der Waals surface area contributed by atoms with Crippen molar-refractivity contribution in [3.63, 3.8) is 0 Å². The average molecular weight is 407 g/mol. The molecule has 7 nitrogen and oxygen atoms in total. The predicted molar refractivity (Wildman–Crippen MR) is 109 cm³/mol. The number of sulfonamides is 1. The first-order valence-electron chi connectivity index (χ1n) is 8.77. The zero-order chi connectivity index (χ0) is 20.9. The van der Waals surface area contributed by atoms with Crippen LogP contribution < -0.4 is 14.8 Å². The van der Waals surface area contributed by atoms with Crippen LogP contribution >= 0.6 is 0 Å². The molecule has 0 bridgehead atoms. The number of likely N-dealkylation sites (N-methyl/N-ethyl adjacent to an activating group) is 1. The molecule has 0 unspecified atom stereocenters. The van der Waals surface area contributed by atoms with Gasteiger partial charge in [0.25, 0.3) is 0 Å². The van der Waals surface area contributed by atoms with Gasteiger partial charge in [0, 0.05) is 18.8 Å². The second kappa shape index (κ2) is 9.07. The van der Waals surface area contributed by atoms with Crippen LogP contribution in [-0.2, 0) is 14.8 Å². The second-order valence-corrected chi connectivity index (χ2v) is 8.61. The highest BCUT2D eigenvalue weighted by Gasteiger charge is 2.24. The van der Waals surface area contributed by atoms with E-state index in [1.54, 1.807) is 6.07 Å². The number of carbonyl (C=O) groups excluding carboxylic acids is 1. The quantitative estimate of drug-likeness (QED) is 0.728. The van der Waals surface area contributed by atoms with Gasteiger partial charge in [-0.1, -0.05) is 32.0 Å². The van der Waals surface area contributed by atoms with E-state index in [0.717, 1.165) is 9.87 Å². The highest BCUT2D eigenvalue weighted by molar-refractivity contribution is 7.89. The van der Waals surface area contributed by atoms with Crippen molar-refractivity contribution < 1.29 is 22.7 Å². The van der Waals surface area contributed by atoms with Crippen molar-refractivity contribution in [2.75, 3.05) is 33.1 Å². The normalized spacial score (nSPS) is 11.5. The fourth-order valence-electron chi connectivity index (χ4n) is 2.75. The van der Waals surface area contributed by atoms with Crippen LogP contribution in [0.25, 0.3) is 0 Å². The first-order valence-corrected chi connectivity index (χ1v) is 10.2. The number of hydrogen-bond donors (Lipinski definition) is 1. The summed E-state index contributed by atoms with van der Waals surface area (Å²) in [7, 11) is 0.386. The van der Waals surface area contributed by atoms with Gasteiger partial charge in [0.15, 0.2) is 11.5 Å². The van der Waals surface area contributed by atoms with Crippen LogP contribution in [0.5, 0.6) is 11.5 Å². The van der Waals surface area contributed by atoms with E-state index in [1.807, 2.05) is 32.0 Å². The largest absolute Gasteiger partial charge is 0.493 e. The van der Waals surface area contributed by atoms with Crippen molar-refractivity contribution in [3.05, 3.63) is 48.0 Å². The molecule has 0 aliphatic carbocycles. The monoisotopic (exact) mass is 406 g/mol. The van der Waals surface area contributed by atoms with Gasteiger partial charge >= 0.3 is 0 Å². The van der Waals surface area contributed by atoms with Gasteiger partial charge in [0.2, 0.25) is 15.9 Å². The molecular formula is C20H26N2O5S. The van der Waals surface area contributed by atoms with E-state index in [0.29, 0.717) is 17.2 Å². The number of para-hydroxylation sites is 1. The van der Waals surface area contributed by atoms with Crippen LogP contribution in [0, 0.1) is 0 Å². The van der Waals surface area contributed by atoms with E-state index in [9.17, 15) is 13.2 Å². The van der Waals surface area contributed by atoms with E-state index in [1.165, 1.54) is 39.5 Å². The molecule has 0 aromatic heterocycles. The number of anilines is 1. The summed E-state index contributed by atoms with van der Waals surface area (Å²) in [5.74, 6) is 0.531. The minimum Gasteiger partial charge on any atom is -0.493 e. The molecule has 0 radical (unpaired) electrons. The number of nitrogens with zero attached hydrogens (tertiary/aromatic N) is 1. The maximum absolute atomic E-state index is 12.8. The molecule has 0 heterocycles. The lowest BCUT2D eigenvalue weighted by molar-refractivity contribution is -0.116. The Balaban J connectivity index is 2.17. The van der Waals surface area contributed by atoms with Crippen LogP contribution in [0.3, 0.4) is 0 Å². The number of hydrogen-bond acceptors (Lipinski definition) is 5. The van der Waals surface area contributed by atoms with Gasteiger partial charge in [0.1, 0.15) is 0 Å². The molecule has 2 aromatic rings. The van der Waals surface area contributed by atoms with Crippen molar-refractivity contribution in [2.45, 2.75) is 24.7 Å². The average Bonchev–Trinajstić information content (AvgIpc) is 2.67. The minimum atomic E-state index is -3.87. The first kappa shape index (κ1) is 21.7. The molecule has 0 saturated carbocycles. The lowest BCUT2D eigenvalue weighted by atomic mass is 10.0. The Kier molecular flexibility index (Phi) is 7.04. The van der Waals surface area contributed by atoms with Crippen molar-refractivity contribution in [3.8, 4) is 11.5 Å². The summed E-state index contributed by atoms with van der Waals surface area (Å²) in [5, 5.41) is 2.80. The van der Waals surface area contributed by atoms with E-state index in [2.05, 4.69) is 5.32 Å².